The highest BCUT2D eigenvalue weighted by molar-refractivity contribution is 9.10. The molecule has 3 aromatic rings. The first-order valence-electron chi connectivity index (χ1n) is 10.1. The second-order valence-corrected chi connectivity index (χ2v) is 8.08. The van der Waals surface area contributed by atoms with Crippen molar-refractivity contribution >= 4 is 39.5 Å². The van der Waals surface area contributed by atoms with Crippen molar-refractivity contribution in [1.82, 2.24) is 5.43 Å². The summed E-state index contributed by atoms with van der Waals surface area (Å²) in [7, 11) is 0. The first-order chi connectivity index (χ1) is 15.5. The predicted molar refractivity (Wildman–Crippen MR) is 126 cm³/mol. The van der Waals surface area contributed by atoms with Crippen molar-refractivity contribution in [3.05, 3.63) is 94.0 Å². The molecule has 0 spiro atoms. The molecule has 7 heteroatoms. The van der Waals surface area contributed by atoms with Crippen molar-refractivity contribution in [3.8, 4) is 11.5 Å². The molecule has 0 radical (unpaired) electrons. The fraction of sp³-hybridized carbons (Fsp3) is 0.120. The fourth-order valence-corrected chi connectivity index (χ4v) is 3.56. The van der Waals surface area contributed by atoms with Gasteiger partial charge in [-0.3, -0.25) is 15.0 Å². The third kappa shape index (κ3) is 5.00. The van der Waals surface area contributed by atoms with Crippen LogP contribution in [0.3, 0.4) is 0 Å². The molecule has 4 rings (SSSR count). The fourth-order valence-electron chi connectivity index (χ4n) is 3.18. The lowest BCUT2D eigenvalue weighted by molar-refractivity contribution is -0.117. The minimum atomic E-state index is -0.465. The number of carbonyl (C=O) groups excluding carboxylic acids is 2. The Kier molecular flexibility index (Phi) is 6.56. The van der Waals surface area contributed by atoms with E-state index < -0.39 is 11.8 Å². The molecule has 6 nitrogen and oxygen atoms in total. The SMILES string of the molecule is Cc1ccc(OCCOc2ccc(Br)cc2/C=C2/C(=O)NN(c3ccccc3)C2=O)cc1. The van der Waals surface area contributed by atoms with Crippen LogP contribution in [0, 0.1) is 6.92 Å². The molecule has 1 N–H and O–H groups in total. The van der Waals surface area contributed by atoms with E-state index in [4.69, 9.17) is 9.47 Å². The van der Waals surface area contributed by atoms with Crippen LogP contribution < -0.4 is 19.9 Å². The van der Waals surface area contributed by atoms with Gasteiger partial charge in [0, 0.05) is 10.0 Å². The Morgan fingerprint density at radius 1 is 0.938 bits per heavy atom. The molecule has 32 heavy (non-hydrogen) atoms. The molecule has 1 heterocycles. The van der Waals surface area contributed by atoms with E-state index in [-0.39, 0.29) is 5.57 Å². The van der Waals surface area contributed by atoms with E-state index in [0.29, 0.717) is 30.2 Å². The molecule has 1 saturated heterocycles. The first kappa shape index (κ1) is 21.6. The number of hydrogen-bond acceptors (Lipinski definition) is 4. The van der Waals surface area contributed by atoms with E-state index in [9.17, 15) is 9.59 Å². The number of nitrogens with one attached hydrogen (secondary N) is 1. The van der Waals surface area contributed by atoms with Crippen LogP contribution in [0.2, 0.25) is 0 Å². The molecular weight excluding hydrogens is 472 g/mol. The number of benzene rings is 3. The first-order valence-corrected chi connectivity index (χ1v) is 10.8. The van der Waals surface area contributed by atoms with Gasteiger partial charge in [0.05, 0.1) is 5.69 Å². The minimum absolute atomic E-state index is 0.0349. The number of ether oxygens (including phenoxy) is 2. The lowest BCUT2D eigenvalue weighted by atomic mass is 10.1. The summed E-state index contributed by atoms with van der Waals surface area (Å²) in [4.78, 5) is 25.4. The smallest absolute Gasteiger partial charge is 0.282 e. The Hall–Kier alpha value is -3.58. The van der Waals surface area contributed by atoms with E-state index in [1.165, 1.54) is 5.01 Å². The molecule has 0 atom stereocenters. The standard InChI is InChI=1S/C25H21BrN2O4/c1-17-7-10-21(11-8-17)31-13-14-32-23-12-9-19(26)15-18(23)16-22-24(29)27-28(25(22)30)20-5-3-2-4-6-20/h2-12,15-16H,13-14H2,1H3,(H,27,29)/b22-16-. The highest BCUT2D eigenvalue weighted by Crippen LogP contribution is 2.28. The summed E-state index contributed by atoms with van der Waals surface area (Å²) in [6, 6.07) is 22.2. The maximum atomic E-state index is 12.9. The quantitative estimate of drug-likeness (QED) is 0.295. The van der Waals surface area contributed by atoms with E-state index in [1.54, 1.807) is 42.5 Å². The third-order valence-corrected chi connectivity index (χ3v) is 5.30. The van der Waals surface area contributed by atoms with Gasteiger partial charge >= 0.3 is 0 Å². The molecule has 0 aliphatic carbocycles. The maximum absolute atomic E-state index is 12.9. The Balaban J connectivity index is 1.48. The minimum Gasteiger partial charge on any atom is -0.490 e. The number of para-hydroxylation sites is 1. The van der Waals surface area contributed by atoms with Crippen molar-refractivity contribution in [1.29, 1.82) is 0 Å². The summed E-state index contributed by atoms with van der Waals surface area (Å²) in [5.74, 6) is 0.431. The summed E-state index contributed by atoms with van der Waals surface area (Å²) in [6.07, 6.45) is 1.54. The highest BCUT2D eigenvalue weighted by atomic mass is 79.9. The van der Waals surface area contributed by atoms with Gasteiger partial charge in [-0.05, 0) is 55.5 Å². The van der Waals surface area contributed by atoms with Gasteiger partial charge in [-0.2, -0.15) is 0 Å². The summed E-state index contributed by atoms with van der Waals surface area (Å²) in [5.41, 5.74) is 5.01. The number of amides is 2. The van der Waals surface area contributed by atoms with Crippen LogP contribution in [0.4, 0.5) is 5.69 Å². The van der Waals surface area contributed by atoms with Crippen molar-refractivity contribution in [2.75, 3.05) is 18.2 Å². The molecule has 2 amide bonds. The number of carbonyl (C=O) groups is 2. The molecular formula is C25H21BrN2O4. The molecule has 0 aromatic heterocycles. The van der Waals surface area contributed by atoms with E-state index in [1.807, 2.05) is 43.3 Å². The van der Waals surface area contributed by atoms with Crippen molar-refractivity contribution in [2.45, 2.75) is 6.92 Å². The molecule has 0 unspecified atom stereocenters. The number of aryl methyl sites for hydroxylation is 1. The molecule has 1 aliphatic rings. The van der Waals surface area contributed by atoms with Gasteiger partial charge in [0.15, 0.2) is 0 Å². The number of nitrogens with zero attached hydrogens (tertiary/aromatic N) is 1. The average Bonchev–Trinajstić information content (AvgIpc) is 3.08. The number of rotatable bonds is 7. The number of hydrazine groups is 1. The van der Waals surface area contributed by atoms with Gasteiger partial charge in [0.1, 0.15) is 30.3 Å². The topological polar surface area (TPSA) is 67.9 Å². The normalized spacial score (nSPS) is 14.6. The molecule has 1 fully saturated rings. The molecule has 1 aliphatic heterocycles. The van der Waals surface area contributed by atoms with Crippen LogP contribution in [0.5, 0.6) is 11.5 Å². The van der Waals surface area contributed by atoms with Crippen LogP contribution >= 0.6 is 15.9 Å². The average molecular weight is 493 g/mol. The lowest BCUT2D eigenvalue weighted by Gasteiger charge is -2.14. The van der Waals surface area contributed by atoms with Gasteiger partial charge in [-0.25, -0.2) is 5.01 Å². The van der Waals surface area contributed by atoms with Gasteiger partial charge < -0.3 is 9.47 Å². The van der Waals surface area contributed by atoms with Gasteiger partial charge in [-0.15, -0.1) is 0 Å². The van der Waals surface area contributed by atoms with E-state index in [2.05, 4.69) is 21.4 Å². The maximum Gasteiger partial charge on any atom is 0.282 e. The zero-order chi connectivity index (χ0) is 22.5. The summed E-state index contributed by atoms with van der Waals surface area (Å²) in [5, 5.41) is 1.24. The largest absolute Gasteiger partial charge is 0.490 e. The Labute approximate surface area is 194 Å². The number of hydrogen-bond donors (Lipinski definition) is 1. The van der Waals surface area contributed by atoms with E-state index in [0.717, 1.165) is 15.8 Å². The summed E-state index contributed by atoms with van der Waals surface area (Å²) >= 11 is 3.44. The van der Waals surface area contributed by atoms with Crippen LogP contribution in [0.1, 0.15) is 11.1 Å². The monoisotopic (exact) mass is 492 g/mol. The number of anilines is 1. The van der Waals surface area contributed by atoms with Crippen molar-refractivity contribution in [3.63, 3.8) is 0 Å². The third-order valence-electron chi connectivity index (χ3n) is 4.81. The van der Waals surface area contributed by atoms with Gasteiger partial charge in [0.25, 0.3) is 11.8 Å². The van der Waals surface area contributed by atoms with Crippen LogP contribution in [-0.4, -0.2) is 25.0 Å². The summed E-state index contributed by atoms with van der Waals surface area (Å²) < 4.78 is 12.4. The Morgan fingerprint density at radius 2 is 1.66 bits per heavy atom. The predicted octanol–water partition coefficient (Wildman–Crippen LogP) is 4.68. The Morgan fingerprint density at radius 3 is 2.41 bits per heavy atom. The zero-order valence-corrected chi connectivity index (χ0v) is 19.0. The summed E-state index contributed by atoms with van der Waals surface area (Å²) in [6.45, 7) is 2.68. The zero-order valence-electron chi connectivity index (χ0n) is 17.4. The van der Waals surface area contributed by atoms with Crippen molar-refractivity contribution < 1.29 is 19.1 Å². The van der Waals surface area contributed by atoms with Crippen LogP contribution in [0.25, 0.3) is 6.08 Å². The highest BCUT2D eigenvalue weighted by Gasteiger charge is 2.34. The van der Waals surface area contributed by atoms with Crippen LogP contribution in [-0.2, 0) is 9.59 Å². The lowest BCUT2D eigenvalue weighted by Crippen LogP contribution is -2.35. The molecule has 3 aromatic carbocycles. The van der Waals surface area contributed by atoms with Gasteiger partial charge in [0.2, 0.25) is 0 Å². The molecule has 162 valence electrons. The van der Waals surface area contributed by atoms with Crippen LogP contribution in [0.15, 0.2) is 82.8 Å². The van der Waals surface area contributed by atoms with Gasteiger partial charge in [-0.1, -0.05) is 51.8 Å². The second-order valence-electron chi connectivity index (χ2n) is 7.17. The Bertz CT molecular complexity index is 1160. The van der Waals surface area contributed by atoms with E-state index >= 15 is 0 Å². The number of halogens is 1. The second kappa shape index (κ2) is 9.70. The molecule has 0 bridgehead atoms. The van der Waals surface area contributed by atoms with Crippen molar-refractivity contribution in [2.24, 2.45) is 0 Å². The molecule has 0 saturated carbocycles.